The van der Waals surface area contributed by atoms with E-state index in [1.807, 2.05) is 109 Å². The second-order valence-corrected chi connectivity index (χ2v) is 13.5. The molecule has 0 aliphatic carbocycles. The van der Waals surface area contributed by atoms with Gasteiger partial charge in [-0.25, -0.2) is 0 Å². The van der Waals surface area contributed by atoms with Crippen LogP contribution in [-0.4, -0.2) is 8.09 Å². The molecule has 9 rings (SSSR count). The number of rotatable bonds is 0. The standard InChI is InChI=1S/C30H18O6Si.Na/c1-2-8-20-14-26-25(13-19(20)7-1)31-37(32-26,33-27-15-21-9-3-4-10-22(21)16-28(27)34-37)35-29-17-23-11-5-6-12-24(23)18-30(29)36-37;/h1-18H;/q-2;+1. The van der Waals surface area contributed by atoms with Gasteiger partial charge in [0.05, 0.1) is 0 Å². The summed E-state index contributed by atoms with van der Waals surface area (Å²) in [6.07, 6.45) is 0. The van der Waals surface area contributed by atoms with Crippen LogP contribution in [0.5, 0.6) is 34.5 Å². The van der Waals surface area contributed by atoms with Gasteiger partial charge in [0.1, 0.15) is 0 Å². The van der Waals surface area contributed by atoms with Crippen molar-refractivity contribution in [3.05, 3.63) is 109 Å². The number of benzene rings is 6. The molecule has 3 aliphatic rings. The summed E-state index contributed by atoms with van der Waals surface area (Å²) < 4.78 is 40.0. The zero-order chi connectivity index (χ0) is 24.3. The monoisotopic (exact) mass is 525 g/mol. The SMILES string of the molecule is [Na+].c1ccc2cc3c(cc2c1)O[Si-2]12(O3)(Oc3cc4ccccc4cc3O1)Oc1cc3ccccc3cc1O2. The molecule has 0 amide bonds. The zero-order valence-electron chi connectivity index (χ0n) is 20.3. The molecular formula is C30H18NaO6Si-. The van der Waals surface area contributed by atoms with E-state index in [1.54, 1.807) is 0 Å². The molecule has 6 nitrogen and oxygen atoms in total. The van der Waals surface area contributed by atoms with E-state index in [1.165, 1.54) is 0 Å². The van der Waals surface area contributed by atoms with E-state index in [-0.39, 0.29) is 29.6 Å². The summed E-state index contributed by atoms with van der Waals surface area (Å²) in [5.74, 6) is 2.57. The molecule has 1 spiro atoms. The predicted molar refractivity (Wildman–Crippen MR) is 141 cm³/mol. The van der Waals surface area contributed by atoms with Gasteiger partial charge in [-0.3, -0.25) is 0 Å². The van der Waals surface area contributed by atoms with Gasteiger partial charge in [-0.05, 0) is 0 Å². The normalized spacial score (nSPS) is 19.6. The van der Waals surface area contributed by atoms with Crippen LogP contribution in [0, 0.1) is 0 Å². The molecule has 0 atom stereocenters. The predicted octanol–water partition coefficient (Wildman–Crippen LogP) is 4.20. The van der Waals surface area contributed by atoms with Crippen LogP contribution in [-0.2, 0) is 0 Å². The van der Waals surface area contributed by atoms with Crippen molar-refractivity contribution >= 4 is 40.4 Å². The van der Waals surface area contributed by atoms with Gasteiger partial charge in [0.15, 0.2) is 0 Å². The van der Waals surface area contributed by atoms with Crippen molar-refractivity contribution in [3.63, 3.8) is 0 Å². The maximum atomic E-state index is 6.66. The average Bonchev–Trinajstić information content (AvgIpc) is 3.45. The Morgan fingerprint density at radius 1 is 0.316 bits per heavy atom. The summed E-state index contributed by atoms with van der Waals surface area (Å²) in [5.41, 5.74) is 0. The minimum absolute atomic E-state index is 0. The molecular weight excluding hydrogens is 507 g/mol. The fraction of sp³-hybridized carbons (Fsp3) is 0. The Balaban J connectivity index is 0.00000225. The van der Waals surface area contributed by atoms with Crippen LogP contribution < -0.4 is 56.1 Å². The first-order valence-electron chi connectivity index (χ1n) is 12.1. The van der Waals surface area contributed by atoms with Gasteiger partial charge >= 0.3 is 240 Å². The van der Waals surface area contributed by atoms with Crippen molar-refractivity contribution in [1.82, 2.24) is 0 Å². The number of hydrogen-bond acceptors (Lipinski definition) is 6. The minimum atomic E-state index is -6.20. The van der Waals surface area contributed by atoms with Gasteiger partial charge in [0.25, 0.3) is 0 Å². The second-order valence-electron chi connectivity index (χ2n) is 9.80. The fourth-order valence-electron chi connectivity index (χ4n) is 5.73. The van der Waals surface area contributed by atoms with Crippen molar-refractivity contribution in [2.75, 3.05) is 0 Å². The molecule has 0 radical (unpaired) electrons. The van der Waals surface area contributed by atoms with Crippen LogP contribution in [0.2, 0.25) is 0 Å². The summed E-state index contributed by atoms with van der Waals surface area (Å²) in [4.78, 5) is 0. The van der Waals surface area contributed by atoms with E-state index in [9.17, 15) is 0 Å². The van der Waals surface area contributed by atoms with Crippen LogP contribution >= 0.6 is 0 Å². The van der Waals surface area contributed by atoms with Crippen molar-refractivity contribution in [1.29, 1.82) is 0 Å². The van der Waals surface area contributed by atoms with Gasteiger partial charge in [-0.2, -0.15) is 0 Å². The van der Waals surface area contributed by atoms with Gasteiger partial charge in [0, 0.05) is 0 Å². The van der Waals surface area contributed by atoms with Crippen molar-refractivity contribution in [2.24, 2.45) is 0 Å². The van der Waals surface area contributed by atoms with Crippen LogP contribution in [0.4, 0.5) is 0 Å². The molecule has 0 saturated heterocycles. The van der Waals surface area contributed by atoms with Gasteiger partial charge < -0.3 is 0 Å². The third-order valence-electron chi connectivity index (χ3n) is 7.35. The van der Waals surface area contributed by atoms with Gasteiger partial charge in [-0.1, -0.05) is 0 Å². The molecule has 0 unspecified atom stereocenters. The molecule has 3 heterocycles. The van der Waals surface area contributed by atoms with Crippen LogP contribution in [0.25, 0.3) is 32.3 Å². The molecule has 180 valence electrons. The number of fused-ring (bicyclic) bond motifs is 6. The van der Waals surface area contributed by atoms with Crippen LogP contribution in [0.3, 0.4) is 0 Å². The van der Waals surface area contributed by atoms with Crippen LogP contribution in [0.1, 0.15) is 0 Å². The Morgan fingerprint density at radius 2 is 0.500 bits per heavy atom. The van der Waals surface area contributed by atoms with Crippen molar-refractivity contribution in [2.45, 2.75) is 0 Å². The molecule has 3 aliphatic heterocycles. The molecule has 8 heteroatoms. The molecule has 0 fully saturated rings. The molecule has 0 aromatic heterocycles. The fourth-order valence-corrected chi connectivity index (χ4v) is 10.0. The summed E-state index contributed by atoms with van der Waals surface area (Å²) in [5, 5.41) is 5.88. The third-order valence-corrected chi connectivity index (χ3v) is 11.2. The Morgan fingerprint density at radius 3 is 0.684 bits per heavy atom. The third kappa shape index (κ3) is 2.71. The Labute approximate surface area is 239 Å². The first-order valence-corrected chi connectivity index (χ1v) is 14.6. The molecule has 0 bridgehead atoms. The zero-order valence-corrected chi connectivity index (χ0v) is 23.3. The van der Waals surface area contributed by atoms with E-state index in [0.29, 0.717) is 34.5 Å². The van der Waals surface area contributed by atoms with Crippen molar-refractivity contribution in [3.8, 4) is 34.5 Å². The quantitative estimate of drug-likeness (QED) is 0.277. The molecule has 0 N–H and O–H groups in total. The average molecular weight is 526 g/mol. The Hall–Kier alpha value is -3.88. The maximum absolute atomic E-state index is 6.66. The van der Waals surface area contributed by atoms with Gasteiger partial charge in [-0.15, -0.1) is 0 Å². The summed E-state index contributed by atoms with van der Waals surface area (Å²) >= 11 is 0. The first-order chi connectivity index (χ1) is 18.0. The topological polar surface area (TPSA) is 55.4 Å². The van der Waals surface area contributed by atoms with E-state index in [0.717, 1.165) is 32.3 Å². The second kappa shape index (κ2) is 6.75. The molecule has 6 aromatic carbocycles. The van der Waals surface area contributed by atoms with E-state index in [4.69, 9.17) is 26.6 Å². The van der Waals surface area contributed by atoms with E-state index < -0.39 is 8.09 Å². The van der Waals surface area contributed by atoms with Crippen molar-refractivity contribution < 1.29 is 56.1 Å². The molecule has 0 saturated carbocycles. The Bertz CT molecular complexity index is 1640. The van der Waals surface area contributed by atoms with Crippen LogP contribution in [0.15, 0.2) is 109 Å². The van der Waals surface area contributed by atoms with Gasteiger partial charge in [0.2, 0.25) is 0 Å². The van der Waals surface area contributed by atoms with E-state index in [2.05, 4.69) is 0 Å². The summed E-state index contributed by atoms with van der Waals surface area (Å²) in [6, 6.07) is 35.2. The van der Waals surface area contributed by atoms with E-state index >= 15 is 0 Å². The molecule has 38 heavy (non-hydrogen) atoms. The molecule has 6 aromatic rings. The Kier molecular flexibility index (Phi) is 3.93. The first kappa shape index (κ1) is 22.1. The summed E-state index contributed by atoms with van der Waals surface area (Å²) in [6.45, 7) is 0. The number of hydrogen-bond donors (Lipinski definition) is 0. The summed E-state index contributed by atoms with van der Waals surface area (Å²) in [7, 11) is -6.20.